The Labute approximate surface area is 127 Å². The molecule has 0 spiro atoms. The molecule has 3 fully saturated rings. The molecule has 4 aliphatic carbocycles. The molecule has 1 aromatic carbocycles. The number of hydrogen-bond acceptors (Lipinski definition) is 1. The number of ketones is 1. The van der Waals surface area contributed by atoms with Crippen molar-refractivity contribution in [3.8, 4) is 0 Å². The van der Waals surface area contributed by atoms with Crippen LogP contribution in [-0.4, -0.2) is 5.78 Å². The Morgan fingerprint density at radius 1 is 1.05 bits per heavy atom. The number of carbonyl (C=O) groups is 1. The molecule has 1 heteroatoms. The van der Waals surface area contributed by atoms with Gasteiger partial charge < -0.3 is 0 Å². The molecule has 5 unspecified atom stereocenters. The molecule has 5 rings (SSSR count). The zero-order valence-corrected chi connectivity index (χ0v) is 12.6. The Morgan fingerprint density at radius 2 is 1.81 bits per heavy atom. The van der Waals surface area contributed by atoms with Gasteiger partial charge in [0, 0.05) is 12.3 Å². The molecule has 0 amide bonds. The van der Waals surface area contributed by atoms with Crippen molar-refractivity contribution in [3.05, 3.63) is 35.4 Å². The average Bonchev–Trinajstić information content (AvgIpc) is 2.96. The number of benzene rings is 1. The van der Waals surface area contributed by atoms with E-state index in [4.69, 9.17) is 0 Å². The highest BCUT2D eigenvalue weighted by Gasteiger charge is 2.66. The third kappa shape index (κ3) is 1.79. The summed E-state index contributed by atoms with van der Waals surface area (Å²) in [6.45, 7) is 0. The quantitative estimate of drug-likeness (QED) is 0.804. The van der Waals surface area contributed by atoms with Crippen molar-refractivity contribution in [2.24, 2.45) is 29.6 Å². The predicted octanol–water partition coefficient (Wildman–Crippen LogP) is 4.36. The van der Waals surface area contributed by atoms with Gasteiger partial charge in [0.15, 0.2) is 0 Å². The van der Waals surface area contributed by atoms with Crippen LogP contribution in [0.15, 0.2) is 24.3 Å². The number of hydrogen-bond donors (Lipinski definition) is 0. The van der Waals surface area contributed by atoms with E-state index < -0.39 is 0 Å². The summed E-state index contributed by atoms with van der Waals surface area (Å²) in [4.78, 5) is 12.8. The van der Waals surface area contributed by atoms with Crippen LogP contribution in [0.1, 0.15) is 55.6 Å². The second-order valence-electron chi connectivity index (χ2n) is 7.97. The molecule has 0 saturated heterocycles. The molecule has 0 heterocycles. The Hall–Kier alpha value is -1.11. The van der Waals surface area contributed by atoms with Crippen molar-refractivity contribution in [3.63, 3.8) is 0 Å². The summed E-state index contributed by atoms with van der Waals surface area (Å²) in [6.07, 6.45) is 8.80. The predicted molar refractivity (Wildman–Crippen MR) is 83.0 cm³/mol. The molecule has 0 radical (unpaired) electrons. The van der Waals surface area contributed by atoms with Gasteiger partial charge in [0.05, 0.1) is 0 Å². The lowest BCUT2D eigenvalue weighted by Crippen LogP contribution is -2.17. The lowest BCUT2D eigenvalue weighted by atomic mass is 9.79. The molecule has 3 saturated carbocycles. The van der Waals surface area contributed by atoms with Gasteiger partial charge >= 0.3 is 0 Å². The zero-order valence-electron chi connectivity index (χ0n) is 12.6. The van der Waals surface area contributed by atoms with Gasteiger partial charge in [-0.2, -0.15) is 0 Å². The second kappa shape index (κ2) is 4.44. The molecular formula is C20H24O. The fourth-order valence-electron chi connectivity index (χ4n) is 6.20. The molecule has 21 heavy (non-hydrogen) atoms. The van der Waals surface area contributed by atoms with Crippen molar-refractivity contribution >= 4 is 5.78 Å². The monoisotopic (exact) mass is 280 g/mol. The summed E-state index contributed by atoms with van der Waals surface area (Å²) in [7, 11) is 0. The van der Waals surface area contributed by atoms with Crippen LogP contribution in [0.5, 0.6) is 0 Å². The first-order valence-electron chi connectivity index (χ1n) is 8.93. The lowest BCUT2D eigenvalue weighted by molar-refractivity contribution is -0.121. The molecule has 0 aromatic heterocycles. The van der Waals surface area contributed by atoms with Gasteiger partial charge in [0.2, 0.25) is 0 Å². The average molecular weight is 280 g/mol. The summed E-state index contributed by atoms with van der Waals surface area (Å²) < 4.78 is 0. The van der Waals surface area contributed by atoms with E-state index in [0.29, 0.717) is 17.6 Å². The molecule has 5 atom stereocenters. The lowest BCUT2D eigenvalue weighted by Gasteiger charge is -2.25. The van der Waals surface area contributed by atoms with E-state index in [1.807, 2.05) is 0 Å². The number of carbonyl (C=O) groups excluding carboxylic acids is 1. The van der Waals surface area contributed by atoms with Gasteiger partial charge in [-0.15, -0.1) is 0 Å². The van der Waals surface area contributed by atoms with E-state index in [-0.39, 0.29) is 0 Å². The van der Waals surface area contributed by atoms with Crippen molar-refractivity contribution in [2.45, 2.75) is 50.9 Å². The van der Waals surface area contributed by atoms with Gasteiger partial charge in [0.1, 0.15) is 5.78 Å². The normalized spacial score (nSPS) is 42.5. The van der Waals surface area contributed by atoms with Crippen molar-refractivity contribution in [1.29, 1.82) is 0 Å². The van der Waals surface area contributed by atoms with Gasteiger partial charge in [-0.05, 0) is 79.2 Å². The topological polar surface area (TPSA) is 17.1 Å². The fourth-order valence-corrected chi connectivity index (χ4v) is 6.20. The van der Waals surface area contributed by atoms with E-state index in [1.165, 1.54) is 49.7 Å². The van der Waals surface area contributed by atoms with E-state index in [9.17, 15) is 4.79 Å². The van der Waals surface area contributed by atoms with Crippen LogP contribution < -0.4 is 0 Å². The minimum atomic E-state index is 0.477. The van der Waals surface area contributed by atoms with Gasteiger partial charge in [-0.3, -0.25) is 4.79 Å². The molecule has 1 nitrogen and oxygen atoms in total. The van der Waals surface area contributed by atoms with Crippen LogP contribution in [0, 0.1) is 29.6 Å². The van der Waals surface area contributed by atoms with Crippen LogP contribution in [0.25, 0.3) is 0 Å². The van der Waals surface area contributed by atoms with Gasteiger partial charge in [-0.25, -0.2) is 0 Å². The first-order chi connectivity index (χ1) is 10.3. The summed E-state index contributed by atoms with van der Waals surface area (Å²) >= 11 is 0. The first kappa shape index (κ1) is 12.4. The third-order valence-corrected chi connectivity index (χ3v) is 7.05. The van der Waals surface area contributed by atoms with Crippen LogP contribution in [0.3, 0.4) is 0 Å². The Kier molecular flexibility index (Phi) is 2.63. The van der Waals surface area contributed by atoms with E-state index in [0.717, 1.165) is 30.1 Å². The van der Waals surface area contributed by atoms with E-state index >= 15 is 0 Å². The van der Waals surface area contributed by atoms with Crippen LogP contribution in [0.2, 0.25) is 0 Å². The minimum absolute atomic E-state index is 0.477. The van der Waals surface area contributed by atoms with Crippen molar-refractivity contribution < 1.29 is 4.79 Å². The Bertz CT molecular complexity index is 573. The minimum Gasteiger partial charge on any atom is -0.299 e. The third-order valence-electron chi connectivity index (χ3n) is 7.05. The largest absolute Gasteiger partial charge is 0.299 e. The Morgan fingerprint density at radius 3 is 2.62 bits per heavy atom. The summed E-state index contributed by atoms with van der Waals surface area (Å²) in [5.74, 6) is 5.08. The smallest absolute Gasteiger partial charge is 0.137 e. The maximum atomic E-state index is 12.8. The highest BCUT2D eigenvalue weighted by Crippen LogP contribution is 2.69. The van der Waals surface area contributed by atoms with Crippen LogP contribution in [0.4, 0.5) is 0 Å². The number of Topliss-reactive ketones (excluding diaryl/α,β-unsaturated/α-hetero) is 1. The number of fused-ring (bicyclic) bond motifs is 6. The number of aryl methyl sites for hydroxylation is 1. The summed E-state index contributed by atoms with van der Waals surface area (Å²) in [6, 6.07) is 8.82. The van der Waals surface area contributed by atoms with E-state index in [2.05, 4.69) is 24.3 Å². The maximum absolute atomic E-state index is 12.8. The number of rotatable bonds is 3. The van der Waals surface area contributed by atoms with Gasteiger partial charge in [0.25, 0.3) is 0 Å². The standard InChI is InChI=1S/C20H24O/c21-17(20-18-14-8-9-15(10-14)19(18)20)11-13-6-3-5-12-4-1-2-7-16(12)13/h1-2,4,7,13-15,18-20H,3,5-6,8-11H2. The fraction of sp³-hybridized carbons (Fsp3) is 0.650. The molecular weight excluding hydrogens is 256 g/mol. The molecule has 1 aromatic rings. The zero-order chi connectivity index (χ0) is 14.0. The second-order valence-corrected chi connectivity index (χ2v) is 7.97. The summed E-state index contributed by atoms with van der Waals surface area (Å²) in [5.41, 5.74) is 2.98. The van der Waals surface area contributed by atoms with Crippen molar-refractivity contribution in [1.82, 2.24) is 0 Å². The first-order valence-corrected chi connectivity index (χ1v) is 8.93. The highest BCUT2D eigenvalue weighted by molar-refractivity contribution is 5.85. The molecule has 0 aliphatic heterocycles. The Balaban J connectivity index is 1.32. The molecule has 110 valence electrons. The van der Waals surface area contributed by atoms with Crippen LogP contribution >= 0.6 is 0 Å². The highest BCUT2D eigenvalue weighted by atomic mass is 16.1. The molecule has 2 bridgehead atoms. The molecule has 0 N–H and O–H groups in total. The maximum Gasteiger partial charge on any atom is 0.137 e. The van der Waals surface area contributed by atoms with E-state index in [1.54, 1.807) is 0 Å². The SMILES string of the molecule is O=C(CC1CCCc2ccccc21)C1C2C3CCC(C3)C12. The van der Waals surface area contributed by atoms with Gasteiger partial charge in [-0.1, -0.05) is 24.3 Å². The van der Waals surface area contributed by atoms with Crippen molar-refractivity contribution in [2.75, 3.05) is 0 Å². The molecule has 4 aliphatic rings. The summed E-state index contributed by atoms with van der Waals surface area (Å²) in [5, 5.41) is 0. The van der Waals surface area contributed by atoms with Crippen LogP contribution in [-0.2, 0) is 11.2 Å².